The van der Waals surface area contributed by atoms with Gasteiger partial charge in [0, 0.05) is 38.6 Å². The van der Waals surface area contributed by atoms with Crippen LogP contribution in [-0.2, 0) is 9.59 Å². The minimum Gasteiger partial charge on any atom is -0.339 e. The summed E-state index contributed by atoms with van der Waals surface area (Å²) in [5, 5.41) is 0. The fourth-order valence-electron chi connectivity index (χ4n) is 2.37. The van der Waals surface area contributed by atoms with Crippen LogP contribution >= 0.6 is 0 Å². The van der Waals surface area contributed by atoms with E-state index >= 15 is 0 Å². The van der Waals surface area contributed by atoms with Crippen molar-refractivity contribution in [2.24, 2.45) is 0 Å². The minimum atomic E-state index is -0.313. The molecule has 0 aromatic heterocycles. The molecule has 0 unspecified atom stereocenters. The molecule has 0 spiro atoms. The Morgan fingerprint density at radius 3 is 2.00 bits per heavy atom. The lowest BCUT2D eigenvalue weighted by molar-refractivity contribution is -0.144. The molecule has 110 valence electrons. The van der Waals surface area contributed by atoms with Crippen molar-refractivity contribution < 1.29 is 9.59 Å². The van der Waals surface area contributed by atoms with Gasteiger partial charge in [0.1, 0.15) is 6.54 Å². The van der Waals surface area contributed by atoms with Gasteiger partial charge in [0.05, 0.1) is 0 Å². The molecule has 1 aliphatic heterocycles. The first-order valence-electron chi connectivity index (χ1n) is 7.04. The molecule has 5 nitrogen and oxygen atoms in total. The van der Waals surface area contributed by atoms with E-state index in [1.54, 1.807) is 4.90 Å². The Morgan fingerprint density at radius 2 is 1.63 bits per heavy atom. The molecule has 1 aliphatic rings. The number of hydrogen-bond donors (Lipinski definition) is 0. The van der Waals surface area contributed by atoms with E-state index in [0.717, 1.165) is 32.7 Å². The summed E-state index contributed by atoms with van der Waals surface area (Å²) in [6.07, 6.45) is 0. The highest BCUT2D eigenvalue weighted by atomic mass is 16.2. The Kier molecular flexibility index (Phi) is 5.35. The normalized spacial score (nSPS) is 17.4. The van der Waals surface area contributed by atoms with Crippen LogP contribution in [0.4, 0.5) is 0 Å². The second-order valence-electron chi connectivity index (χ2n) is 6.09. The Labute approximate surface area is 116 Å². The number of hydrogen-bond acceptors (Lipinski definition) is 3. The first-order chi connectivity index (χ1) is 8.75. The van der Waals surface area contributed by atoms with E-state index in [2.05, 4.69) is 11.8 Å². The number of carbonyl (C=O) groups excluding carboxylic acids is 2. The standard InChI is InChI=1S/C14H27N3O2/c1-6-15-7-9-16(10-8-15)13(19)11-17(12(2)18)14(3,4)5/h6-11H2,1-5H3. The average Bonchev–Trinajstić information content (AvgIpc) is 2.34. The third kappa shape index (κ3) is 4.49. The summed E-state index contributed by atoms with van der Waals surface area (Å²) in [5.74, 6) is 0.00826. The zero-order valence-electron chi connectivity index (χ0n) is 12.9. The van der Waals surface area contributed by atoms with Gasteiger partial charge in [-0.1, -0.05) is 6.92 Å². The fraction of sp³-hybridized carbons (Fsp3) is 0.857. The lowest BCUT2D eigenvalue weighted by atomic mass is 10.1. The van der Waals surface area contributed by atoms with Crippen molar-refractivity contribution in [3.8, 4) is 0 Å². The van der Waals surface area contributed by atoms with Gasteiger partial charge in [-0.05, 0) is 27.3 Å². The zero-order valence-corrected chi connectivity index (χ0v) is 12.9. The molecule has 5 heteroatoms. The summed E-state index contributed by atoms with van der Waals surface area (Å²) < 4.78 is 0. The van der Waals surface area contributed by atoms with Crippen molar-refractivity contribution in [2.45, 2.75) is 40.2 Å². The van der Waals surface area contributed by atoms with E-state index in [1.165, 1.54) is 6.92 Å². The predicted octanol–water partition coefficient (Wildman–Crippen LogP) is 0.797. The maximum Gasteiger partial charge on any atom is 0.242 e. The molecule has 0 N–H and O–H groups in total. The van der Waals surface area contributed by atoms with Crippen LogP contribution in [0.25, 0.3) is 0 Å². The molecule has 0 saturated carbocycles. The van der Waals surface area contributed by atoms with E-state index in [1.807, 2.05) is 25.7 Å². The van der Waals surface area contributed by atoms with E-state index in [9.17, 15) is 9.59 Å². The monoisotopic (exact) mass is 269 g/mol. The minimum absolute atomic E-state index is 0.0481. The summed E-state index contributed by atoms with van der Waals surface area (Å²) >= 11 is 0. The van der Waals surface area contributed by atoms with Crippen molar-refractivity contribution in [1.29, 1.82) is 0 Å². The predicted molar refractivity (Wildman–Crippen MR) is 75.8 cm³/mol. The smallest absolute Gasteiger partial charge is 0.242 e. The van der Waals surface area contributed by atoms with Crippen molar-refractivity contribution in [3.63, 3.8) is 0 Å². The highest BCUT2D eigenvalue weighted by Gasteiger charge is 2.28. The SMILES string of the molecule is CCN1CCN(C(=O)CN(C(C)=O)C(C)(C)C)CC1. The zero-order chi connectivity index (χ0) is 14.6. The van der Waals surface area contributed by atoms with Crippen LogP contribution in [0.1, 0.15) is 34.6 Å². The van der Waals surface area contributed by atoms with Gasteiger partial charge in [-0.25, -0.2) is 0 Å². The summed E-state index contributed by atoms with van der Waals surface area (Å²) in [5.41, 5.74) is -0.313. The highest BCUT2D eigenvalue weighted by molar-refractivity contribution is 5.84. The maximum absolute atomic E-state index is 12.3. The lowest BCUT2D eigenvalue weighted by Gasteiger charge is -2.38. The van der Waals surface area contributed by atoms with E-state index in [-0.39, 0.29) is 23.9 Å². The van der Waals surface area contributed by atoms with Crippen LogP contribution in [0.3, 0.4) is 0 Å². The number of piperazine rings is 1. The highest BCUT2D eigenvalue weighted by Crippen LogP contribution is 2.14. The second kappa shape index (κ2) is 6.37. The molecule has 0 aromatic carbocycles. The molecule has 0 atom stereocenters. The van der Waals surface area contributed by atoms with Gasteiger partial charge < -0.3 is 14.7 Å². The third-order valence-corrected chi connectivity index (χ3v) is 3.66. The molecule has 0 radical (unpaired) electrons. The van der Waals surface area contributed by atoms with E-state index in [0.29, 0.717) is 0 Å². The first-order valence-corrected chi connectivity index (χ1v) is 7.04. The maximum atomic E-state index is 12.3. The van der Waals surface area contributed by atoms with Crippen molar-refractivity contribution in [1.82, 2.24) is 14.7 Å². The van der Waals surface area contributed by atoms with E-state index < -0.39 is 0 Å². The Hall–Kier alpha value is -1.10. The largest absolute Gasteiger partial charge is 0.339 e. The molecular weight excluding hydrogens is 242 g/mol. The average molecular weight is 269 g/mol. The second-order valence-corrected chi connectivity index (χ2v) is 6.09. The Morgan fingerprint density at radius 1 is 1.11 bits per heavy atom. The van der Waals surface area contributed by atoms with Crippen molar-refractivity contribution in [2.75, 3.05) is 39.3 Å². The van der Waals surface area contributed by atoms with Gasteiger partial charge in [-0.2, -0.15) is 0 Å². The number of amides is 2. The molecular formula is C14H27N3O2. The summed E-state index contributed by atoms with van der Waals surface area (Å²) in [7, 11) is 0. The Bertz CT molecular complexity index is 328. The molecule has 1 heterocycles. The van der Waals surface area contributed by atoms with Crippen LogP contribution in [0.15, 0.2) is 0 Å². The number of likely N-dealkylation sites (N-methyl/N-ethyl adjacent to an activating group) is 1. The molecule has 1 fully saturated rings. The van der Waals surface area contributed by atoms with Crippen molar-refractivity contribution in [3.05, 3.63) is 0 Å². The molecule has 0 bridgehead atoms. The first kappa shape index (κ1) is 16.0. The van der Waals surface area contributed by atoms with Crippen LogP contribution in [-0.4, -0.2) is 71.3 Å². The lowest BCUT2D eigenvalue weighted by Crippen LogP contribution is -2.54. The third-order valence-electron chi connectivity index (χ3n) is 3.66. The van der Waals surface area contributed by atoms with Crippen LogP contribution in [0, 0.1) is 0 Å². The number of rotatable bonds is 3. The molecule has 0 aromatic rings. The van der Waals surface area contributed by atoms with Crippen LogP contribution in [0.5, 0.6) is 0 Å². The fourth-order valence-corrected chi connectivity index (χ4v) is 2.37. The van der Waals surface area contributed by atoms with Gasteiger partial charge in [0.2, 0.25) is 11.8 Å². The molecule has 19 heavy (non-hydrogen) atoms. The molecule has 1 rings (SSSR count). The van der Waals surface area contributed by atoms with Gasteiger partial charge in [-0.15, -0.1) is 0 Å². The molecule has 0 aliphatic carbocycles. The van der Waals surface area contributed by atoms with Crippen LogP contribution in [0.2, 0.25) is 0 Å². The number of carbonyl (C=O) groups is 2. The van der Waals surface area contributed by atoms with Crippen LogP contribution < -0.4 is 0 Å². The summed E-state index contributed by atoms with van der Waals surface area (Å²) in [4.78, 5) is 29.8. The number of nitrogens with zero attached hydrogens (tertiary/aromatic N) is 3. The van der Waals surface area contributed by atoms with Gasteiger partial charge in [0.15, 0.2) is 0 Å². The van der Waals surface area contributed by atoms with E-state index in [4.69, 9.17) is 0 Å². The van der Waals surface area contributed by atoms with Gasteiger partial charge in [-0.3, -0.25) is 9.59 Å². The molecule has 1 saturated heterocycles. The molecule has 2 amide bonds. The van der Waals surface area contributed by atoms with Crippen molar-refractivity contribution >= 4 is 11.8 Å². The van der Waals surface area contributed by atoms with Gasteiger partial charge in [0.25, 0.3) is 0 Å². The Balaban J connectivity index is 2.57. The topological polar surface area (TPSA) is 43.9 Å². The summed E-state index contributed by atoms with van der Waals surface area (Å²) in [6, 6.07) is 0. The van der Waals surface area contributed by atoms with Gasteiger partial charge >= 0.3 is 0 Å². The summed E-state index contributed by atoms with van der Waals surface area (Å²) in [6.45, 7) is 14.1. The quantitative estimate of drug-likeness (QED) is 0.761.